The van der Waals surface area contributed by atoms with Gasteiger partial charge in [0, 0.05) is 19.2 Å². The third kappa shape index (κ3) is 4.80. The minimum Gasteiger partial charge on any atom is -0.383 e. The lowest BCUT2D eigenvalue weighted by Gasteiger charge is -2.07. The first kappa shape index (κ1) is 15.9. The Morgan fingerprint density at radius 2 is 2.14 bits per heavy atom. The molecule has 0 fully saturated rings. The number of carbonyl (C=O) groups excluding carboxylic acids is 1. The van der Waals surface area contributed by atoms with Crippen molar-refractivity contribution in [3.05, 3.63) is 35.9 Å². The fraction of sp³-hybridized carbons (Fsp3) is 0.357. The van der Waals surface area contributed by atoms with Crippen molar-refractivity contribution in [3.8, 4) is 0 Å². The summed E-state index contributed by atoms with van der Waals surface area (Å²) in [5.41, 5.74) is 0.723. The van der Waals surface area contributed by atoms with E-state index in [-0.39, 0.29) is 11.0 Å². The van der Waals surface area contributed by atoms with Crippen molar-refractivity contribution in [2.24, 2.45) is 0 Å². The van der Waals surface area contributed by atoms with Crippen molar-refractivity contribution < 1.29 is 9.53 Å². The van der Waals surface area contributed by atoms with Crippen molar-refractivity contribution in [1.29, 1.82) is 0 Å². The van der Waals surface area contributed by atoms with E-state index in [1.165, 1.54) is 23.1 Å². The summed E-state index contributed by atoms with van der Waals surface area (Å²) >= 11 is 2.88. The summed E-state index contributed by atoms with van der Waals surface area (Å²) in [5, 5.41) is 11.8. The Bertz CT molecular complexity index is 575. The van der Waals surface area contributed by atoms with Gasteiger partial charge in [0.1, 0.15) is 0 Å². The molecule has 1 N–H and O–H groups in total. The van der Waals surface area contributed by atoms with Gasteiger partial charge in [-0.3, -0.25) is 4.79 Å². The molecule has 5 nitrogen and oxygen atoms in total. The lowest BCUT2D eigenvalue weighted by atomic mass is 10.1. The van der Waals surface area contributed by atoms with Crippen LogP contribution < -0.4 is 5.32 Å². The van der Waals surface area contributed by atoms with E-state index in [1.807, 2.05) is 37.3 Å². The van der Waals surface area contributed by atoms with Gasteiger partial charge in [0.25, 0.3) is 0 Å². The third-order valence-electron chi connectivity index (χ3n) is 2.69. The molecule has 1 atom stereocenters. The van der Waals surface area contributed by atoms with E-state index in [0.29, 0.717) is 13.2 Å². The van der Waals surface area contributed by atoms with Gasteiger partial charge >= 0.3 is 0 Å². The van der Waals surface area contributed by atoms with Gasteiger partial charge in [0.05, 0.1) is 11.9 Å². The number of anilines is 1. The minimum absolute atomic E-state index is 0.102. The maximum absolute atomic E-state index is 12.3. The number of rotatable bonds is 8. The predicted molar refractivity (Wildman–Crippen MR) is 86.4 cm³/mol. The van der Waals surface area contributed by atoms with Crippen LogP contribution in [-0.2, 0) is 4.74 Å². The van der Waals surface area contributed by atoms with Gasteiger partial charge < -0.3 is 10.1 Å². The molecule has 7 heteroatoms. The van der Waals surface area contributed by atoms with Gasteiger partial charge in [0.15, 0.2) is 10.1 Å². The van der Waals surface area contributed by atoms with Gasteiger partial charge in [-0.1, -0.05) is 53.4 Å². The standard InChI is InChI=1S/C14H17N3O2S2/c1-10(12(18)11-6-4-3-5-7-11)20-14-17-16-13(21-14)15-8-9-19-2/h3-7,10H,8-9H2,1-2H3,(H,15,16). The van der Waals surface area contributed by atoms with Gasteiger partial charge in [-0.05, 0) is 6.92 Å². The molecular weight excluding hydrogens is 306 g/mol. The third-order valence-corrected chi connectivity index (χ3v) is 4.76. The highest BCUT2D eigenvalue weighted by molar-refractivity contribution is 8.02. The van der Waals surface area contributed by atoms with E-state index < -0.39 is 0 Å². The summed E-state index contributed by atoms with van der Waals surface area (Å²) < 4.78 is 5.74. The molecule has 0 aliphatic rings. The van der Waals surface area contributed by atoms with Crippen molar-refractivity contribution in [3.63, 3.8) is 0 Å². The van der Waals surface area contributed by atoms with Crippen molar-refractivity contribution in [2.45, 2.75) is 16.5 Å². The molecule has 2 aromatic rings. The topological polar surface area (TPSA) is 64.1 Å². The molecule has 112 valence electrons. The molecular formula is C14H17N3O2S2. The zero-order valence-electron chi connectivity index (χ0n) is 11.9. The Hall–Kier alpha value is -1.44. The van der Waals surface area contributed by atoms with Gasteiger partial charge in [-0.15, -0.1) is 10.2 Å². The molecule has 21 heavy (non-hydrogen) atoms. The summed E-state index contributed by atoms with van der Waals surface area (Å²) in [6.07, 6.45) is 0. The molecule has 1 aromatic heterocycles. The molecule has 0 bridgehead atoms. The van der Waals surface area contributed by atoms with Crippen LogP contribution in [-0.4, -0.2) is 41.5 Å². The first-order chi connectivity index (χ1) is 10.2. The van der Waals surface area contributed by atoms with Gasteiger partial charge in [-0.2, -0.15) is 0 Å². The Morgan fingerprint density at radius 1 is 1.38 bits per heavy atom. The van der Waals surface area contributed by atoms with Crippen LogP contribution in [0.2, 0.25) is 0 Å². The molecule has 0 radical (unpaired) electrons. The van der Waals surface area contributed by atoms with Crippen molar-refractivity contribution in [2.75, 3.05) is 25.6 Å². The second-order valence-electron chi connectivity index (χ2n) is 4.28. The fourth-order valence-electron chi connectivity index (χ4n) is 1.63. The van der Waals surface area contributed by atoms with Crippen LogP contribution in [0, 0.1) is 0 Å². The van der Waals surface area contributed by atoms with Crippen LogP contribution in [0.3, 0.4) is 0 Å². The highest BCUT2D eigenvalue weighted by Gasteiger charge is 2.18. The number of hydrogen-bond acceptors (Lipinski definition) is 7. The SMILES string of the molecule is COCCNc1nnc(SC(C)C(=O)c2ccccc2)s1. The van der Waals surface area contributed by atoms with E-state index in [4.69, 9.17) is 4.74 Å². The maximum Gasteiger partial charge on any atom is 0.206 e. The minimum atomic E-state index is -0.188. The lowest BCUT2D eigenvalue weighted by molar-refractivity contribution is 0.0994. The zero-order chi connectivity index (χ0) is 15.1. The van der Waals surface area contributed by atoms with Crippen LogP contribution in [0.4, 0.5) is 5.13 Å². The number of ether oxygens (including phenoxy) is 1. The number of benzene rings is 1. The largest absolute Gasteiger partial charge is 0.383 e. The molecule has 1 heterocycles. The van der Waals surface area contributed by atoms with Crippen molar-refractivity contribution in [1.82, 2.24) is 10.2 Å². The average Bonchev–Trinajstić information content (AvgIpc) is 2.95. The molecule has 0 saturated carbocycles. The Morgan fingerprint density at radius 3 is 2.86 bits per heavy atom. The number of methoxy groups -OCH3 is 1. The number of carbonyl (C=O) groups is 1. The smallest absolute Gasteiger partial charge is 0.206 e. The second kappa shape index (κ2) is 8.11. The molecule has 0 aliphatic carbocycles. The van der Waals surface area contributed by atoms with Gasteiger partial charge in [-0.25, -0.2) is 0 Å². The Kier molecular flexibility index (Phi) is 6.16. The molecule has 2 rings (SSSR count). The van der Waals surface area contributed by atoms with Crippen LogP contribution in [0.5, 0.6) is 0 Å². The van der Waals surface area contributed by atoms with Crippen LogP contribution >= 0.6 is 23.1 Å². The molecule has 1 aromatic carbocycles. The second-order valence-corrected chi connectivity index (χ2v) is 6.85. The Labute approximate surface area is 132 Å². The molecule has 0 saturated heterocycles. The predicted octanol–water partition coefficient (Wildman–Crippen LogP) is 2.96. The molecule has 0 spiro atoms. The average molecular weight is 323 g/mol. The summed E-state index contributed by atoms with van der Waals surface area (Å²) in [5.74, 6) is 0.102. The van der Waals surface area contributed by atoms with Gasteiger partial charge in [0.2, 0.25) is 5.13 Å². The highest BCUT2D eigenvalue weighted by atomic mass is 32.2. The zero-order valence-corrected chi connectivity index (χ0v) is 13.5. The maximum atomic E-state index is 12.3. The molecule has 0 amide bonds. The molecule has 1 unspecified atom stereocenters. The summed E-state index contributed by atoms with van der Waals surface area (Å²) in [7, 11) is 1.65. The van der Waals surface area contributed by atoms with Crippen LogP contribution in [0.15, 0.2) is 34.7 Å². The highest BCUT2D eigenvalue weighted by Crippen LogP contribution is 2.30. The van der Waals surface area contributed by atoms with E-state index in [2.05, 4.69) is 15.5 Å². The van der Waals surface area contributed by atoms with Crippen molar-refractivity contribution >= 4 is 34.0 Å². The van der Waals surface area contributed by atoms with E-state index in [9.17, 15) is 4.79 Å². The monoisotopic (exact) mass is 323 g/mol. The summed E-state index contributed by atoms with van der Waals surface area (Å²) in [6, 6.07) is 9.30. The quantitative estimate of drug-likeness (QED) is 0.458. The summed E-state index contributed by atoms with van der Waals surface area (Å²) in [4.78, 5) is 12.3. The lowest BCUT2D eigenvalue weighted by Crippen LogP contribution is -2.13. The number of nitrogens with one attached hydrogen (secondary N) is 1. The number of ketones is 1. The van der Waals surface area contributed by atoms with Crippen LogP contribution in [0.25, 0.3) is 0 Å². The van der Waals surface area contributed by atoms with E-state index in [0.717, 1.165) is 15.0 Å². The first-order valence-corrected chi connectivity index (χ1v) is 8.22. The fourth-order valence-corrected chi connectivity index (χ4v) is 3.63. The Balaban J connectivity index is 1.90. The van der Waals surface area contributed by atoms with Crippen LogP contribution in [0.1, 0.15) is 17.3 Å². The van der Waals surface area contributed by atoms with E-state index in [1.54, 1.807) is 7.11 Å². The molecule has 0 aliphatic heterocycles. The number of hydrogen-bond donors (Lipinski definition) is 1. The number of thioether (sulfide) groups is 1. The number of aromatic nitrogens is 2. The normalized spacial score (nSPS) is 12.1. The first-order valence-electron chi connectivity index (χ1n) is 6.53. The number of nitrogens with zero attached hydrogens (tertiary/aromatic N) is 2. The number of Topliss-reactive ketones (excluding diaryl/α,β-unsaturated/α-hetero) is 1. The van der Waals surface area contributed by atoms with E-state index >= 15 is 0 Å². The summed E-state index contributed by atoms with van der Waals surface area (Å²) in [6.45, 7) is 3.19.